The van der Waals surface area contributed by atoms with Crippen LogP contribution in [0.25, 0.3) is 66.2 Å². The molecule has 1 heterocycles. The number of aromatic nitrogens is 2. The van der Waals surface area contributed by atoms with E-state index in [9.17, 15) is 0 Å². The van der Waals surface area contributed by atoms with Crippen molar-refractivity contribution >= 4 is 32.3 Å². The molecule has 36 heavy (non-hydrogen) atoms. The van der Waals surface area contributed by atoms with Gasteiger partial charge in [0, 0.05) is 16.7 Å². The Morgan fingerprint density at radius 3 is 1.56 bits per heavy atom. The Balaban J connectivity index is 1.58. The Morgan fingerprint density at radius 1 is 0.361 bits per heavy atom. The van der Waals surface area contributed by atoms with Crippen molar-refractivity contribution in [1.82, 2.24) is 9.97 Å². The summed E-state index contributed by atoms with van der Waals surface area (Å²) in [7, 11) is 0. The molecule has 0 saturated heterocycles. The van der Waals surface area contributed by atoms with Gasteiger partial charge in [-0.15, -0.1) is 0 Å². The Bertz CT molecular complexity index is 1820. The highest BCUT2D eigenvalue weighted by Crippen LogP contribution is 2.38. The molecule has 0 radical (unpaired) electrons. The molecular formula is C34H22N2. The van der Waals surface area contributed by atoms with Crippen LogP contribution >= 0.6 is 0 Å². The first-order chi connectivity index (χ1) is 17.8. The minimum absolute atomic E-state index is 0.737. The maximum Gasteiger partial charge on any atom is 0.161 e. The van der Waals surface area contributed by atoms with Gasteiger partial charge >= 0.3 is 0 Å². The summed E-state index contributed by atoms with van der Waals surface area (Å²) in [6, 6.07) is 46.7. The zero-order chi connectivity index (χ0) is 23.9. The monoisotopic (exact) mass is 458 g/mol. The maximum atomic E-state index is 5.13. The van der Waals surface area contributed by atoms with Gasteiger partial charge in [-0.25, -0.2) is 9.97 Å². The summed E-state index contributed by atoms with van der Waals surface area (Å²) in [5.74, 6) is 0.737. The second-order valence-corrected chi connectivity index (χ2v) is 9.05. The fourth-order valence-electron chi connectivity index (χ4n) is 5.13. The van der Waals surface area contributed by atoms with Gasteiger partial charge in [0.25, 0.3) is 0 Å². The van der Waals surface area contributed by atoms with E-state index in [4.69, 9.17) is 9.97 Å². The first-order valence-corrected chi connectivity index (χ1v) is 12.2. The van der Waals surface area contributed by atoms with Crippen molar-refractivity contribution in [3.8, 4) is 33.9 Å². The van der Waals surface area contributed by atoms with Crippen molar-refractivity contribution in [2.75, 3.05) is 0 Å². The van der Waals surface area contributed by atoms with Gasteiger partial charge in [-0.1, -0.05) is 121 Å². The summed E-state index contributed by atoms with van der Waals surface area (Å²) in [6.07, 6.45) is 0. The highest BCUT2D eigenvalue weighted by Gasteiger charge is 2.15. The fraction of sp³-hybridized carbons (Fsp3) is 0. The predicted octanol–water partition coefficient (Wildman–Crippen LogP) is 8.94. The molecule has 0 unspecified atom stereocenters. The van der Waals surface area contributed by atoms with Crippen molar-refractivity contribution in [1.29, 1.82) is 0 Å². The quantitative estimate of drug-likeness (QED) is 0.247. The van der Waals surface area contributed by atoms with Crippen molar-refractivity contribution in [3.05, 3.63) is 133 Å². The number of hydrogen-bond acceptors (Lipinski definition) is 2. The largest absolute Gasteiger partial charge is 0.228 e. The molecule has 7 aromatic rings. The van der Waals surface area contributed by atoms with Gasteiger partial charge in [0.15, 0.2) is 5.82 Å². The van der Waals surface area contributed by atoms with Crippen LogP contribution in [0.5, 0.6) is 0 Å². The van der Waals surface area contributed by atoms with Crippen LogP contribution in [0.4, 0.5) is 0 Å². The van der Waals surface area contributed by atoms with E-state index in [1.807, 2.05) is 12.1 Å². The molecule has 6 aromatic carbocycles. The van der Waals surface area contributed by atoms with E-state index in [-0.39, 0.29) is 0 Å². The molecule has 0 N–H and O–H groups in total. The van der Waals surface area contributed by atoms with E-state index >= 15 is 0 Å². The Morgan fingerprint density at radius 2 is 0.889 bits per heavy atom. The molecule has 0 aliphatic heterocycles. The smallest absolute Gasteiger partial charge is 0.161 e. The highest BCUT2D eigenvalue weighted by molar-refractivity contribution is 6.20. The van der Waals surface area contributed by atoms with Crippen LogP contribution in [0.3, 0.4) is 0 Å². The Kier molecular flexibility index (Phi) is 4.82. The minimum Gasteiger partial charge on any atom is -0.228 e. The molecule has 0 aliphatic rings. The van der Waals surface area contributed by atoms with Crippen LogP contribution in [0.2, 0.25) is 0 Å². The van der Waals surface area contributed by atoms with E-state index in [1.54, 1.807) is 0 Å². The molecule has 0 atom stereocenters. The molecule has 0 amide bonds. The lowest BCUT2D eigenvalue weighted by Gasteiger charge is -2.14. The number of fused-ring (bicyclic) bond motifs is 5. The first kappa shape index (κ1) is 20.5. The lowest BCUT2D eigenvalue weighted by molar-refractivity contribution is 1.19. The molecule has 0 aliphatic carbocycles. The molecule has 0 spiro atoms. The standard InChI is InChI=1S/C34H22N2/c1-3-12-24(13-4-1)32-22-33(25-14-5-2-6-15-25)36-34(35-32)31-21-30-26-16-8-7-11-23(26)19-20-29(30)27-17-9-10-18-28(27)31/h1-22H. The van der Waals surface area contributed by atoms with E-state index < -0.39 is 0 Å². The molecule has 168 valence electrons. The van der Waals surface area contributed by atoms with Crippen molar-refractivity contribution in [3.63, 3.8) is 0 Å². The van der Waals surface area contributed by atoms with Crippen LogP contribution in [0.15, 0.2) is 133 Å². The van der Waals surface area contributed by atoms with E-state index in [1.165, 1.54) is 26.9 Å². The molecule has 2 nitrogen and oxygen atoms in total. The van der Waals surface area contributed by atoms with Gasteiger partial charge in [0.2, 0.25) is 0 Å². The third-order valence-electron chi connectivity index (χ3n) is 6.87. The minimum atomic E-state index is 0.737. The summed E-state index contributed by atoms with van der Waals surface area (Å²) in [5, 5.41) is 7.31. The van der Waals surface area contributed by atoms with Crippen molar-refractivity contribution in [2.45, 2.75) is 0 Å². The topological polar surface area (TPSA) is 25.8 Å². The van der Waals surface area contributed by atoms with Gasteiger partial charge in [0.1, 0.15) is 0 Å². The van der Waals surface area contributed by atoms with E-state index in [2.05, 4.69) is 121 Å². The predicted molar refractivity (Wildman–Crippen MR) is 151 cm³/mol. The fourth-order valence-corrected chi connectivity index (χ4v) is 5.13. The molecule has 2 heteroatoms. The molecule has 0 bridgehead atoms. The second kappa shape index (κ2) is 8.44. The zero-order valence-electron chi connectivity index (χ0n) is 19.6. The molecular weight excluding hydrogens is 436 g/mol. The summed E-state index contributed by atoms with van der Waals surface area (Å²) in [6.45, 7) is 0. The van der Waals surface area contributed by atoms with Gasteiger partial charge in [0.05, 0.1) is 11.4 Å². The zero-order valence-corrected chi connectivity index (χ0v) is 19.6. The van der Waals surface area contributed by atoms with Crippen LogP contribution in [-0.2, 0) is 0 Å². The number of benzene rings is 6. The second-order valence-electron chi connectivity index (χ2n) is 9.05. The van der Waals surface area contributed by atoms with E-state index in [0.717, 1.165) is 39.3 Å². The number of hydrogen-bond donors (Lipinski definition) is 0. The molecule has 0 saturated carbocycles. The summed E-state index contributed by atoms with van der Waals surface area (Å²) < 4.78 is 0. The van der Waals surface area contributed by atoms with Crippen LogP contribution < -0.4 is 0 Å². The van der Waals surface area contributed by atoms with Gasteiger partial charge in [-0.2, -0.15) is 0 Å². The van der Waals surface area contributed by atoms with Crippen molar-refractivity contribution in [2.24, 2.45) is 0 Å². The summed E-state index contributed by atoms with van der Waals surface area (Å²) in [5.41, 5.74) is 5.04. The third-order valence-corrected chi connectivity index (χ3v) is 6.87. The Labute approximate surface area is 209 Å². The maximum absolute atomic E-state index is 5.13. The van der Waals surface area contributed by atoms with Gasteiger partial charge in [-0.3, -0.25) is 0 Å². The van der Waals surface area contributed by atoms with Crippen molar-refractivity contribution < 1.29 is 0 Å². The number of rotatable bonds is 3. The van der Waals surface area contributed by atoms with E-state index in [0.29, 0.717) is 0 Å². The van der Waals surface area contributed by atoms with Crippen LogP contribution in [0.1, 0.15) is 0 Å². The third kappa shape index (κ3) is 3.43. The summed E-state index contributed by atoms with van der Waals surface area (Å²) >= 11 is 0. The number of nitrogens with zero attached hydrogens (tertiary/aromatic N) is 2. The average Bonchev–Trinajstić information content (AvgIpc) is 2.97. The lowest BCUT2D eigenvalue weighted by Crippen LogP contribution is -1.97. The summed E-state index contributed by atoms with van der Waals surface area (Å²) in [4.78, 5) is 10.3. The SMILES string of the molecule is c1ccc(-c2cc(-c3ccccc3)nc(-c3cc4c5ccccc5ccc4c4ccccc34)n2)cc1. The van der Waals surface area contributed by atoms with Gasteiger partial charge < -0.3 is 0 Å². The molecule has 7 rings (SSSR count). The Hall–Kier alpha value is -4.82. The van der Waals surface area contributed by atoms with Crippen LogP contribution in [0, 0.1) is 0 Å². The van der Waals surface area contributed by atoms with Crippen LogP contribution in [-0.4, -0.2) is 9.97 Å². The molecule has 0 fully saturated rings. The average molecular weight is 459 g/mol. The lowest BCUT2D eigenvalue weighted by atomic mass is 9.93. The highest BCUT2D eigenvalue weighted by atomic mass is 14.9. The first-order valence-electron chi connectivity index (χ1n) is 12.2. The normalized spacial score (nSPS) is 11.3. The molecule has 1 aromatic heterocycles. The van der Waals surface area contributed by atoms with Gasteiger partial charge in [-0.05, 0) is 44.5 Å².